The van der Waals surface area contributed by atoms with Gasteiger partial charge < -0.3 is 4.74 Å². The van der Waals surface area contributed by atoms with Crippen molar-refractivity contribution in [1.82, 2.24) is 5.32 Å². The molecule has 1 aliphatic heterocycles. The van der Waals surface area contributed by atoms with E-state index in [1.165, 1.54) is 25.3 Å². The van der Waals surface area contributed by atoms with Crippen molar-refractivity contribution in [2.24, 2.45) is 0 Å². The number of rotatable bonds is 2. The summed E-state index contributed by atoms with van der Waals surface area (Å²) in [5, 5.41) is 0.969. The van der Waals surface area contributed by atoms with E-state index in [9.17, 15) is 14.0 Å². The summed E-state index contributed by atoms with van der Waals surface area (Å²) < 4.78 is 18.6. The second-order valence-electron chi connectivity index (χ2n) is 3.62. The molecule has 2 rings (SSSR count). The normalized spacial score (nSPS) is 23.7. The van der Waals surface area contributed by atoms with E-state index >= 15 is 0 Å². The molecule has 1 heterocycles. The van der Waals surface area contributed by atoms with Crippen LogP contribution in [0.4, 0.5) is 4.39 Å². The van der Waals surface area contributed by atoms with Gasteiger partial charge in [-0.3, -0.25) is 14.9 Å². The molecule has 0 radical (unpaired) electrons. The van der Waals surface area contributed by atoms with Crippen molar-refractivity contribution in [2.75, 3.05) is 7.11 Å². The van der Waals surface area contributed by atoms with E-state index in [2.05, 4.69) is 5.32 Å². The number of halogens is 2. The van der Waals surface area contributed by atoms with Crippen LogP contribution < -0.4 is 10.1 Å². The first-order valence-electron chi connectivity index (χ1n) is 4.87. The lowest BCUT2D eigenvalue weighted by Crippen LogP contribution is -2.22. The molecule has 1 aliphatic rings. The lowest BCUT2D eigenvalue weighted by Gasteiger charge is -2.12. The minimum atomic E-state index is -1.09. The number of carbonyl (C=O) groups is 2. The fourth-order valence-corrected chi connectivity index (χ4v) is 2.04. The van der Waals surface area contributed by atoms with Gasteiger partial charge in [-0.15, -0.1) is 11.6 Å². The molecular weight excluding hydrogens is 249 g/mol. The summed E-state index contributed by atoms with van der Waals surface area (Å²) in [6.45, 7) is 0. The predicted octanol–water partition coefficient (Wildman–Crippen LogP) is 1.18. The molecule has 90 valence electrons. The van der Waals surface area contributed by atoms with Crippen molar-refractivity contribution in [1.29, 1.82) is 0 Å². The molecule has 1 aromatic carbocycles. The van der Waals surface area contributed by atoms with Gasteiger partial charge in [0.2, 0.25) is 11.8 Å². The van der Waals surface area contributed by atoms with E-state index in [1.54, 1.807) is 0 Å². The minimum absolute atomic E-state index is 0.0627. The van der Waals surface area contributed by atoms with Crippen molar-refractivity contribution in [3.63, 3.8) is 0 Å². The highest BCUT2D eigenvalue weighted by Crippen LogP contribution is 2.32. The Morgan fingerprint density at radius 3 is 2.59 bits per heavy atom. The van der Waals surface area contributed by atoms with Gasteiger partial charge in [-0.2, -0.15) is 0 Å². The Morgan fingerprint density at radius 1 is 1.35 bits per heavy atom. The quantitative estimate of drug-likeness (QED) is 0.639. The first-order chi connectivity index (χ1) is 8.04. The Kier molecular flexibility index (Phi) is 3.02. The number of nitrogens with one attached hydrogen (secondary N) is 1. The van der Waals surface area contributed by atoms with Crippen LogP contribution in [0.15, 0.2) is 18.2 Å². The fourth-order valence-electron chi connectivity index (χ4n) is 1.74. The van der Waals surface area contributed by atoms with E-state index in [0.29, 0.717) is 5.75 Å². The number of methoxy groups -OCH3 is 1. The highest BCUT2D eigenvalue weighted by molar-refractivity contribution is 6.37. The van der Waals surface area contributed by atoms with Crippen LogP contribution in [0.1, 0.15) is 11.5 Å². The van der Waals surface area contributed by atoms with E-state index in [4.69, 9.17) is 16.3 Å². The molecular formula is C11H9ClFNO3. The molecule has 0 bridgehead atoms. The minimum Gasteiger partial charge on any atom is -0.497 e. The zero-order valence-corrected chi connectivity index (χ0v) is 9.62. The van der Waals surface area contributed by atoms with E-state index in [1.807, 2.05) is 0 Å². The third kappa shape index (κ3) is 1.98. The average Bonchev–Trinajstić information content (AvgIpc) is 2.55. The number of benzene rings is 1. The smallest absolute Gasteiger partial charge is 0.245 e. The van der Waals surface area contributed by atoms with Crippen LogP contribution in [-0.4, -0.2) is 24.3 Å². The number of imide groups is 1. The summed E-state index contributed by atoms with van der Waals surface area (Å²) in [7, 11) is 1.43. The first kappa shape index (κ1) is 11.9. The molecule has 1 saturated heterocycles. The van der Waals surface area contributed by atoms with Crippen LogP contribution in [0.2, 0.25) is 0 Å². The molecule has 2 atom stereocenters. The molecule has 1 fully saturated rings. The Bertz CT molecular complexity index is 492. The van der Waals surface area contributed by atoms with Crippen molar-refractivity contribution in [3.05, 3.63) is 29.6 Å². The van der Waals surface area contributed by atoms with Gasteiger partial charge >= 0.3 is 0 Å². The maximum atomic E-state index is 13.6. The van der Waals surface area contributed by atoms with Crippen LogP contribution in [0, 0.1) is 5.82 Å². The van der Waals surface area contributed by atoms with E-state index < -0.39 is 28.9 Å². The molecule has 17 heavy (non-hydrogen) atoms. The molecule has 1 aromatic rings. The monoisotopic (exact) mass is 257 g/mol. The summed E-state index contributed by atoms with van der Waals surface area (Å²) in [6.07, 6.45) is 0. The Hall–Kier alpha value is -1.62. The third-order valence-electron chi connectivity index (χ3n) is 2.61. The molecule has 0 aliphatic carbocycles. The van der Waals surface area contributed by atoms with Gasteiger partial charge in [-0.1, -0.05) is 0 Å². The van der Waals surface area contributed by atoms with Gasteiger partial charge in [0, 0.05) is 5.56 Å². The van der Waals surface area contributed by atoms with Crippen LogP contribution >= 0.6 is 11.6 Å². The summed E-state index contributed by atoms with van der Waals surface area (Å²) in [4.78, 5) is 22.7. The summed E-state index contributed by atoms with van der Waals surface area (Å²) in [6, 6.07) is 3.97. The second kappa shape index (κ2) is 4.33. The van der Waals surface area contributed by atoms with Crippen molar-refractivity contribution in [3.8, 4) is 5.75 Å². The van der Waals surface area contributed by atoms with Gasteiger partial charge in [0.1, 0.15) is 16.9 Å². The molecule has 0 spiro atoms. The lowest BCUT2D eigenvalue weighted by atomic mass is 9.96. The topological polar surface area (TPSA) is 55.4 Å². The van der Waals surface area contributed by atoms with Crippen LogP contribution in [0.5, 0.6) is 5.75 Å². The zero-order chi connectivity index (χ0) is 12.6. The summed E-state index contributed by atoms with van der Waals surface area (Å²) in [5.41, 5.74) is 0.0627. The van der Waals surface area contributed by atoms with Crippen molar-refractivity contribution < 1.29 is 18.7 Å². The van der Waals surface area contributed by atoms with Crippen molar-refractivity contribution in [2.45, 2.75) is 11.3 Å². The molecule has 4 nitrogen and oxygen atoms in total. The molecule has 2 unspecified atom stereocenters. The number of carbonyl (C=O) groups excluding carboxylic acids is 2. The van der Waals surface area contributed by atoms with Gasteiger partial charge in [-0.25, -0.2) is 4.39 Å². The molecule has 0 saturated carbocycles. The third-order valence-corrected chi connectivity index (χ3v) is 3.06. The molecule has 2 amide bonds. The predicted molar refractivity (Wildman–Crippen MR) is 58.5 cm³/mol. The molecule has 0 aromatic heterocycles. The van der Waals surface area contributed by atoms with Gasteiger partial charge in [0.05, 0.1) is 13.0 Å². The number of hydrogen-bond acceptors (Lipinski definition) is 3. The lowest BCUT2D eigenvalue weighted by molar-refractivity contribution is -0.125. The Morgan fingerprint density at radius 2 is 2.06 bits per heavy atom. The molecule has 6 heteroatoms. The molecule has 1 N–H and O–H groups in total. The highest BCUT2D eigenvalue weighted by atomic mass is 35.5. The van der Waals surface area contributed by atoms with Gasteiger partial charge in [0.15, 0.2) is 0 Å². The maximum absolute atomic E-state index is 13.6. The first-order valence-corrected chi connectivity index (χ1v) is 5.30. The Labute approximate surface area is 102 Å². The average molecular weight is 258 g/mol. The van der Waals surface area contributed by atoms with Gasteiger partial charge in [0.25, 0.3) is 0 Å². The highest BCUT2D eigenvalue weighted by Gasteiger charge is 2.42. The van der Waals surface area contributed by atoms with Crippen LogP contribution in [-0.2, 0) is 9.59 Å². The fraction of sp³-hybridized carbons (Fsp3) is 0.273. The summed E-state index contributed by atoms with van der Waals surface area (Å²) >= 11 is 5.79. The standard InChI is InChI=1S/C11H9ClFNO3/c1-17-5-2-3-7(13)6(4-5)8-9(12)11(16)14-10(8)15/h2-4,8-9H,1H3,(H,14,15,16). The van der Waals surface area contributed by atoms with E-state index in [-0.39, 0.29) is 5.56 Å². The maximum Gasteiger partial charge on any atom is 0.245 e. The van der Waals surface area contributed by atoms with Crippen LogP contribution in [0.3, 0.4) is 0 Å². The number of hydrogen-bond donors (Lipinski definition) is 1. The SMILES string of the molecule is COc1ccc(F)c(C2C(=O)NC(=O)C2Cl)c1. The van der Waals surface area contributed by atoms with Crippen molar-refractivity contribution >= 4 is 23.4 Å². The largest absolute Gasteiger partial charge is 0.497 e. The summed E-state index contributed by atoms with van der Waals surface area (Å²) in [5.74, 6) is -2.41. The van der Waals surface area contributed by atoms with Crippen LogP contribution in [0.25, 0.3) is 0 Å². The second-order valence-corrected chi connectivity index (χ2v) is 4.09. The number of ether oxygens (including phenoxy) is 1. The number of amides is 2. The number of alkyl halides is 1. The Balaban J connectivity index is 2.46. The van der Waals surface area contributed by atoms with Gasteiger partial charge in [-0.05, 0) is 18.2 Å². The zero-order valence-electron chi connectivity index (χ0n) is 8.87. The van der Waals surface area contributed by atoms with E-state index in [0.717, 1.165) is 0 Å².